The molecule has 29 heavy (non-hydrogen) atoms. The van der Waals surface area contributed by atoms with Crippen LogP contribution in [0.3, 0.4) is 0 Å². The Bertz CT molecular complexity index is 835. The minimum absolute atomic E-state index is 0.00807. The van der Waals surface area contributed by atoms with Crippen molar-refractivity contribution in [3.63, 3.8) is 0 Å². The summed E-state index contributed by atoms with van der Waals surface area (Å²) >= 11 is 3.41. The Hall–Kier alpha value is -2.11. The lowest BCUT2D eigenvalue weighted by Gasteiger charge is -2.13. The summed E-state index contributed by atoms with van der Waals surface area (Å²) in [7, 11) is 2.14. The molecule has 3 rings (SSSR count). The first-order valence-corrected chi connectivity index (χ1v) is 11.1. The number of fused-ring (bicyclic) bond motifs is 1. The monoisotopic (exact) mass is 455 g/mol. The molecule has 1 atom stereocenters. The lowest BCUT2D eigenvalue weighted by Crippen LogP contribution is -2.32. The third kappa shape index (κ3) is 6.44. The predicted octanol–water partition coefficient (Wildman–Crippen LogP) is 5.26. The highest BCUT2D eigenvalue weighted by Crippen LogP contribution is 2.28. The van der Waals surface area contributed by atoms with E-state index in [0.29, 0.717) is 0 Å². The number of amides is 1. The molecule has 0 aromatic heterocycles. The smallest absolute Gasteiger partial charge is 0.247 e. The van der Waals surface area contributed by atoms with Crippen molar-refractivity contribution in [2.45, 2.75) is 38.1 Å². The summed E-state index contributed by atoms with van der Waals surface area (Å²) in [6, 6.07) is 14.0. The first-order chi connectivity index (χ1) is 14.0. The Kier molecular flexibility index (Phi) is 7.90. The maximum absolute atomic E-state index is 12.6. The Morgan fingerprint density at radius 2 is 2.03 bits per heavy atom. The van der Waals surface area contributed by atoms with Crippen LogP contribution in [0.4, 0.5) is 11.4 Å². The molecule has 0 saturated carbocycles. The molecule has 2 aromatic carbocycles. The minimum Gasteiger partial charge on any atom is -0.373 e. The summed E-state index contributed by atoms with van der Waals surface area (Å²) in [5.41, 5.74) is 4.49. The number of rotatable bonds is 10. The molecule has 1 heterocycles. The Balaban J connectivity index is 1.45. The zero-order chi connectivity index (χ0) is 20.6. The maximum Gasteiger partial charge on any atom is 0.247 e. The van der Waals surface area contributed by atoms with E-state index in [1.54, 1.807) is 0 Å². The molecule has 5 heteroatoms. The molecule has 1 amide bonds. The van der Waals surface area contributed by atoms with Crippen molar-refractivity contribution in [1.29, 1.82) is 0 Å². The van der Waals surface area contributed by atoms with Crippen LogP contribution < -0.4 is 10.6 Å². The zero-order valence-electron chi connectivity index (χ0n) is 17.1. The number of nitrogens with one attached hydrogen (secondary N) is 2. The van der Waals surface area contributed by atoms with E-state index in [9.17, 15) is 4.79 Å². The Morgan fingerprint density at radius 1 is 1.24 bits per heavy atom. The van der Waals surface area contributed by atoms with Crippen LogP contribution in [0.2, 0.25) is 0 Å². The second-order valence-electron chi connectivity index (χ2n) is 7.75. The fourth-order valence-electron chi connectivity index (χ4n) is 3.69. The van der Waals surface area contributed by atoms with Gasteiger partial charge in [-0.15, -0.1) is 6.58 Å². The van der Waals surface area contributed by atoms with Gasteiger partial charge in [0, 0.05) is 28.8 Å². The standard InChI is InChI=1S/C24H30BrN3O/c1-3-14-28(2)15-6-4-5-7-18-8-13-22-19(16-18)17-23(27-22)24(29)26-21-11-9-20(25)10-12-21/h3,8-13,16,23,27H,1,4-7,14-15,17H2,2H3,(H,26,29). The molecule has 154 valence electrons. The second kappa shape index (κ2) is 10.6. The highest BCUT2D eigenvalue weighted by molar-refractivity contribution is 9.10. The fourth-order valence-corrected chi connectivity index (χ4v) is 3.96. The molecule has 2 aromatic rings. The van der Waals surface area contributed by atoms with Crippen LogP contribution in [0, 0.1) is 0 Å². The normalized spacial score (nSPS) is 15.1. The quantitative estimate of drug-likeness (QED) is 0.379. The lowest BCUT2D eigenvalue weighted by atomic mass is 10.0. The van der Waals surface area contributed by atoms with Crippen LogP contribution in [0.5, 0.6) is 0 Å². The fraction of sp³-hybridized carbons (Fsp3) is 0.375. The van der Waals surface area contributed by atoms with E-state index < -0.39 is 0 Å². The van der Waals surface area contributed by atoms with Crippen LogP contribution >= 0.6 is 15.9 Å². The van der Waals surface area contributed by atoms with E-state index in [4.69, 9.17) is 0 Å². The van der Waals surface area contributed by atoms with E-state index in [2.05, 4.69) is 63.3 Å². The number of aryl methyl sites for hydroxylation is 1. The van der Waals surface area contributed by atoms with Gasteiger partial charge in [-0.05, 0) is 74.3 Å². The number of carbonyl (C=O) groups excluding carboxylic acids is 1. The van der Waals surface area contributed by atoms with E-state index >= 15 is 0 Å². The van der Waals surface area contributed by atoms with Crippen molar-refractivity contribution in [3.8, 4) is 0 Å². The average molecular weight is 456 g/mol. The lowest BCUT2D eigenvalue weighted by molar-refractivity contribution is -0.116. The average Bonchev–Trinajstić information content (AvgIpc) is 3.13. The highest BCUT2D eigenvalue weighted by atomic mass is 79.9. The van der Waals surface area contributed by atoms with Gasteiger partial charge in [-0.3, -0.25) is 4.79 Å². The van der Waals surface area contributed by atoms with E-state index in [1.807, 2.05) is 30.3 Å². The number of likely N-dealkylation sites (N-methyl/N-ethyl adjacent to an activating group) is 1. The highest BCUT2D eigenvalue weighted by Gasteiger charge is 2.26. The number of hydrogen-bond donors (Lipinski definition) is 2. The number of nitrogens with zero attached hydrogens (tertiary/aromatic N) is 1. The summed E-state index contributed by atoms with van der Waals surface area (Å²) in [6.45, 7) is 5.85. The molecule has 0 fully saturated rings. The van der Waals surface area contributed by atoms with Gasteiger partial charge in [0.15, 0.2) is 0 Å². The first kappa shape index (κ1) is 21.6. The number of benzene rings is 2. The molecule has 0 spiro atoms. The van der Waals surface area contributed by atoms with Crippen LogP contribution in [-0.4, -0.2) is 37.0 Å². The van der Waals surface area contributed by atoms with Gasteiger partial charge in [-0.25, -0.2) is 0 Å². The number of anilines is 2. The number of halogens is 1. The van der Waals surface area contributed by atoms with Gasteiger partial charge in [0.25, 0.3) is 0 Å². The summed E-state index contributed by atoms with van der Waals surface area (Å²) in [6.07, 6.45) is 7.42. The molecule has 1 unspecified atom stereocenters. The van der Waals surface area contributed by atoms with Crippen LogP contribution in [-0.2, 0) is 17.6 Å². The van der Waals surface area contributed by atoms with Crippen LogP contribution in [0.1, 0.15) is 30.4 Å². The Labute approximate surface area is 182 Å². The van der Waals surface area contributed by atoms with Crippen molar-refractivity contribution < 1.29 is 4.79 Å². The molecule has 1 aliphatic heterocycles. The van der Waals surface area contributed by atoms with Gasteiger partial charge < -0.3 is 15.5 Å². The van der Waals surface area contributed by atoms with Gasteiger partial charge in [0.05, 0.1) is 0 Å². The summed E-state index contributed by atoms with van der Waals surface area (Å²) in [4.78, 5) is 14.9. The molecule has 0 aliphatic carbocycles. The van der Waals surface area contributed by atoms with Crippen molar-refractivity contribution in [2.75, 3.05) is 30.8 Å². The number of carbonyl (C=O) groups is 1. The van der Waals surface area contributed by atoms with Crippen molar-refractivity contribution in [3.05, 3.63) is 70.7 Å². The second-order valence-corrected chi connectivity index (χ2v) is 8.67. The van der Waals surface area contributed by atoms with Crippen LogP contribution in [0.15, 0.2) is 59.6 Å². The molecule has 0 saturated heterocycles. The van der Waals surface area contributed by atoms with Gasteiger partial charge in [0.1, 0.15) is 6.04 Å². The maximum atomic E-state index is 12.6. The van der Waals surface area contributed by atoms with Crippen molar-refractivity contribution >= 4 is 33.2 Å². The van der Waals surface area contributed by atoms with Gasteiger partial charge in [0.2, 0.25) is 5.91 Å². The molecule has 0 bridgehead atoms. The van der Waals surface area contributed by atoms with Gasteiger partial charge in [-0.2, -0.15) is 0 Å². The molecular formula is C24H30BrN3O. The number of hydrogen-bond acceptors (Lipinski definition) is 3. The number of unbranched alkanes of at least 4 members (excludes halogenated alkanes) is 2. The molecule has 1 aliphatic rings. The first-order valence-electron chi connectivity index (χ1n) is 10.3. The zero-order valence-corrected chi connectivity index (χ0v) is 18.7. The summed E-state index contributed by atoms with van der Waals surface area (Å²) < 4.78 is 0.998. The molecule has 0 radical (unpaired) electrons. The predicted molar refractivity (Wildman–Crippen MR) is 126 cm³/mol. The van der Waals surface area contributed by atoms with Gasteiger partial charge in [-0.1, -0.05) is 40.6 Å². The SMILES string of the molecule is C=CCN(C)CCCCCc1ccc2c(c1)CC(C(=O)Nc1ccc(Br)cc1)N2. The van der Waals surface area contributed by atoms with Crippen molar-refractivity contribution in [2.24, 2.45) is 0 Å². The third-order valence-corrected chi connectivity index (χ3v) is 5.83. The largest absolute Gasteiger partial charge is 0.373 e. The molecule has 2 N–H and O–H groups in total. The summed E-state index contributed by atoms with van der Waals surface area (Å²) in [5.74, 6) is 0.00807. The summed E-state index contributed by atoms with van der Waals surface area (Å²) in [5, 5.41) is 6.35. The Morgan fingerprint density at radius 3 is 2.79 bits per heavy atom. The molecular weight excluding hydrogens is 426 g/mol. The van der Waals surface area contributed by atoms with Gasteiger partial charge >= 0.3 is 0 Å². The minimum atomic E-state index is -0.218. The molecule has 4 nitrogen and oxygen atoms in total. The van der Waals surface area contributed by atoms with Crippen molar-refractivity contribution in [1.82, 2.24) is 4.90 Å². The van der Waals surface area contributed by atoms with E-state index in [0.717, 1.165) is 41.8 Å². The van der Waals surface area contributed by atoms with E-state index in [1.165, 1.54) is 30.4 Å². The third-order valence-electron chi connectivity index (χ3n) is 5.30. The van der Waals surface area contributed by atoms with Crippen LogP contribution in [0.25, 0.3) is 0 Å². The van der Waals surface area contributed by atoms with E-state index in [-0.39, 0.29) is 11.9 Å². The topological polar surface area (TPSA) is 44.4 Å².